The van der Waals surface area contributed by atoms with Gasteiger partial charge in [-0.15, -0.1) is 11.8 Å². The van der Waals surface area contributed by atoms with Crippen LogP contribution in [0.1, 0.15) is 5.56 Å². The molecule has 1 aliphatic rings. The minimum Gasteiger partial charge on any atom is -0.480 e. The Bertz CT molecular complexity index is 480. The molecule has 2 atom stereocenters. The third kappa shape index (κ3) is 3.05. The quantitative estimate of drug-likeness (QED) is 0.885. The van der Waals surface area contributed by atoms with Crippen molar-refractivity contribution in [2.45, 2.75) is 17.7 Å². The minimum atomic E-state index is -0.977. The van der Waals surface area contributed by atoms with E-state index in [1.807, 2.05) is 24.3 Å². The van der Waals surface area contributed by atoms with E-state index < -0.39 is 12.0 Å². The van der Waals surface area contributed by atoms with Gasteiger partial charge in [0.1, 0.15) is 6.04 Å². The number of thioether (sulfide) groups is 1. The van der Waals surface area contributed by atoms with Crippen LogP contribution in [-0.4, -0.2) is 34.0 Å². The van der Waals surface area contributed by atoms with Crippen LogP contribution >= 0.6 is 27.7 Å². The third-order valence-electron chi connectivity index (χ3n) is 2.73. The van der Waals surface area contributed by atoms with Gasteiger partial charge in [-0.1, -0.05) is 34.1 Å². The molecule has 0 unspecified atom stereocenters. The van der Waals surface area contributed by atoms with Crippen LogP contribution < -0.4 is 5.32 Å². The Balaban J connectivity index is 2.02. The average molecular weight is 330 g/mol. The molecule has 6 heteroatoms. The van der Waals surface area contributed by atoms with E-state index in [-0.39, 0.29) is 11.2 Å². The van der Waals surface area contributed by atoms with Crippen molar-refractivity contribution in [2.75, 3.05) is 5.75 Å². The van der Waals surface area contributed by atoms with E-state index in [1.165, 1.54) is 11.8 Å². The van der Waals surface area contributed by atoms with Crippen molar-refractivity contribution >= 4 is 39.6 Å². The summed E-state index contributed by atoms with van der Waals surface area (Å²) < 4.78 is 0.971. The second-order valence-electron chi connectivity index (χ2n) is 4.02. The molecule has 18 heavy (non-hydrogen) atoms. The van der Waals surface area contributed by atoms with Gasteiger partial charge in [0.05, 0.1) is 5.25 Å². The van der Waals surface area contributed by atoms with Gasteiger partial charge in [-0.25, -0.2) is 4.79 Å². The number of carbonyl (C=O) groups is 2. The molecule has 4 nitrogen and oxygen atoms in total. The number of hydrogen-bond acceptors (Lipinski definition) is 3. The van der Waals surface area contributed by atoms with E-state index in [0.29, 0.717) is 12.2 Å². The van der Waals surface area contributed by atoms with Crippen molar-refractivity contribution in [3.63, 3.8) is 0 Å². The molecule has 1 aromatic rings. The summed E-state index contributed by atoms with van der Waals surface area (Å²) in [5.41, 5.74) is 1.05. The van der Waals surface area contributed by atoms with Crippen molar-refractivity contribution in [2.24, 2.45) is 0 Å². The standard InChI is InChI=1S/C12H12BrNO3S/c13-8-4-2-1-3-7(8)5-10-11(15)14-9(6-18-10)12(16)17/h1-4,9-10H,5-6H2,(H,14,15)(H,16,17)/t9-,10-/m0/s1. The molecule has 2 N–H and O–H groups in total. The molecular weight excluding hydrogens is 318 g/mol. The fraction of sp³-hybridized carbons (Fsp3) is 0.333. The van der Waals surface area contributed by atoms with Crippen molar-refractivity contribution < 1.29 is 14.7 Å². The van der Waals surface area contributed by atoms with Crippen molar-refractivity contribution in [3.8, 4) is 0 Å². The zero-order valence-electron chi connectivity index (χ0n) is 9.43. The first-order chi connectivity index (χ1) is 8.58. The Morgan fingerprint density at radius 2 is 2.22 bits per heavy atom. The number of hydrogen-bond donors (Lipinski definition) is 2. The van der Waals surface area contributed by atoms with Crippen molar-refractivity contribution in [1.82, 2.24) is 5.32 Å². The average Bonchev–Trinajstić information content (AvgIpc) is 2.34. The molecule has 0 saturated carbocycles. The first-order valence-electron chi connectivity index (χ1n) is 5.46. The molecule has 1 aliphatic heterocycles. The molecule has 0 bridgehead atoms. The molecule has 1 fully saturated rings. The van der Waals surface area contributed by atoms with E-state index in [1.54, 1.807) is 0 Å². The zero-order valence-corrected chi connectivity index (χ0v) is 11.8. The maximum atomic E-state index is 11.8. The van der Waals surface area contributed by atoms with E-state index in [2.05, 4.69) is 21.2 Å². The molecule has 0 aliphatic carbocycles. The van der Waals surface area contributed by atoms with Gasteiger partial charge in [0.15, 0.2) is 0 Å². The van der Waals surface area contributed by atoms with Gasteiger partial charge >= 0.3 is 5.97 Å². The summed E-state index contributed by atoms with van der Waals surface area (Å²) in [4.78, 5) is 22.6. The summed E-state index contributed by atoms with van der Waals surface area (Å²) in [7, 11) is 0. The van der Waals surface area contributed by atoms with Gasteiger partial charge in [0.2, 0.25) is 5.91 Å². The predicted octanol–water partition coefficient (Wildman–Crippen LogP) is 1.68. The first-order valence-corrected chi connectivity index (χ1v) is 7.30. The lowest BCUT2D eigenvalue weighted by Gasteiger charge is -2.26. The molecule has 1 heterocycles. The summed E-state index contributed by atoms with van der Waals surface area (Å²) >= 11 is 4.84. The number of nitrogens with one attached hydrogen (secondary N) is 1. The smallest absolute Gasteiger partial charge is 0.327 e. The van der Waals surface area contributed by atoms with Crippen LogP contribution in [0.15, 0.2) is 28.7 Å². The predicted molar refractivity (Wildman–Crippen MR) is 73.7 cm³/mol. The highest BCUT2D eigenvalue weighted by Crippen LogP contribution is 2.25. The molecular formula is C12H12BrNO3S. The molecule has 0 spiro atoms. The summed E-state index contributed by atoms with van der Waals surface area (Å²) in [6, 6.07) is 6.97. The minimum absolute atomic E-state index is 0.200. The number of aliphatic carboxylic acids is 1. The zero-order chi connectivity index (χ0) is 13.1. The molecule has 1 aromatic carbocycles. The monoisotopic (exact) mass is 329 g/mol. The number of amides is 1. The van der Waals surface area contributed by atoms with E-state index in [9.17, 15) is 9.59 Å². The lowest BCUT2D eigenvalue weighted by Crippen LogP contribution is -2.51. The second-order valence-corrected chi connectivity index (χ2v) is 6.11. The Morgan fingerprint density at radius 1 is 1.50 bits per heavy atom. The fourth-order valence-corrected chi connectivity index (χ4v) is 3.36. The van der Waals surface area contributed by atoms with Crippen LogP contribution in [0.3, 0.4) is 0 Å². The van der Waals surface area contributed by atoms with Crippen LogP contribution in [-0.2, 0) is 16.0 Å². The lowest BCUT2D eigenvalue weighted by molar-refractivity contribution is -0.141. The number of rotatable bonds is 3. The van der Waals surface area contributed by atoms with Crippen molar-refractivity contribution in [3.05, 3.63) is 34.3 Å². The summed E-state index contributed by atoms with van der Waals surface area (Å²) in [6.45, 7) is 0. The number of carboxylic acid groups (broad SMARTS) is 1. The highest BCUT2D eigenvalue weighted by molar-refractivity contribution is 9.10. The second kappa shape index (κ2) is 5.75. The molecule has 0 aromatic heterocycles. The highest BCUT2D eigenvalue weighted by atomic mass is 79.9. The molecule has 0 radical (unpaired) electrons. The molecule has 1 amide bonds. The van der Waals surface area contributed by atoms with Gasteiger partial charge in [-0.3, -0.25) is 4.79 Å². The molecule has 2 rings (SSSR count). The fourth-order valence-electron chi connectivity index (χ4n) is 1.74. The van der Waals surface area contributed by atoms with Crippen LogP contribution in [0.25, 0.3) is 0 Å². The Morgan fingerprint density at radius 3 is 2.83 bits per heavy atom. The topological polar surface area (TPSA) is 66.4 Å². The summed E-state index contributed by atoms with van der Waals surface area (Å²) in [5, 5.41) is 11.1. The van der Waals surface area contributed by atoms with Crippen molar-refractivity contribution in [1.29, 1.82) is 0 Å². The largest absolute Gasteiger partial charge is 0.480 e. The summed E-state index contributed by atoms with van der Waals surface area (Å²) in [6.07, 6.45) is 0.601. The van der Waals surface area contributed by atoms with E-state index in [0.717, 1.165) is 10.0 Å². The Labute approximate surface area is 117 Å². The highest BCUT2D eigenvalue weighted by Gasteiger charge is 2.32. The number of halogens is 1. The normalized spacial score (nSPS) is 23.5. The summed E-state index contributed by atoms with van der Waals surface area (Å²) in [5.74, 6) is -0.763. The van der Waals surface area contributed by atoms with Gasteiger partial charge in [-0.05, 0) is 18.1 Å². The number of carboxylic acids is 1. The van der Waals surface area contributed by atoms with Crippen LogP contribution in [0.5, 0.6) is 0 Å². The van der Waals surface area contributed by atoms with Gasteiger partial charge in [0.25, 0.3) is 0 Å². The van der Waals surface area contributed by atoms with Crippen LogP contribution in [0.4, 0.5) is 0 Å². The lowest BCUT2D eigenvalue weighted by atomic mass is 10.1. The van der Waals surface area contributed by atoms with Gasteiger partial charge in [0, 0.05) is 10.2 Å². The van der Waals surface area contributed by atoms with E-state index in [4.69, 9.17) is 5.11 Å². The maximum Gasteiger partial charge on any atom is 0.327 e. The maximum absolute atomic E-state index is 11.8. The van der Waals surface area contributed by atoms with Gasteiger partial charge in [-0.2, -0.15) is 0 Å². The Kier molecular flexibility index (Phi) is 4.29. The molecule has 96 valence electrons. The van der Waals surface area contributed by atoms with Crippen LogP contribution in [0.2, 0.25) is 0 Å². The number of carbonyl (C=O) groups excluding carboxylic acids is 1. The van der Waals surface area contributed by atoms with Gasteiger partial charge < -0.3 is 10.4 Å². The Hall–Kier alpha value is -1.01. The number of benzene rings is 1. The van der Waals surface area contributed by atoms with E-state index >= 15 is 0 Å². The SMILES string of the molecule is O=C(O)[C@@H]1CS[C@@H](Cc2ccccc2Br)C(=O)N1. The van der Waals surface area contributed by atoms with Crippen LogP contribution in [0, 0.1) is 0 Å². The molecule has 1 saturated heterocycles. The first kappa shape index (κ1) is 13.4. The third-order valence-corrected chi connectivity index (χ3v) is 4.82.